The predicted molar refractivity (Wildman–Crippen MR) is 90.4 cm³/mol. The highest BCUT2D eigenvalue weighted by atomic mass is 35.5. The first-order valence-corrected chi connectivity index (χ1v) is 8.26. The van der Waals surface area contributed by atoms with Gasteiger partial charge in [0.25, 0.3) is 0 Å². The molecule has 0 fully saturated rings. The van der Waals surface area contributed by atoms with Crippen LogP contribution >= 0.6 is 22.9 Å². The zero-order valence-electron chi connectivity index (χ0n) is 12.3. The van der Waals surface area contributed by atoms with Crippen LogP contribution in [0, 0.1) is 0 Å². The lowest BCUT2D eigenvalue weighted by molar-refractivity contribution is 0.0631. The van der Waals surface area contributed by atoms with Gasteiger partial charge in [0.1, 0.15) is 5.60 Å². The van der Waals surface area contributed by atoms with E-state index >= 15 is 0 Å². The Labute approximate surface area is 139 Å². The number of thiophene rings is 1. The van der Waals surface area contributed by atoms with Crippen molar-refractivity contribution in [3.05, 3.63) is 57.2 Å². The first kappa shape index (κ1) is 16.8. The van der Waals surface area contributed by atoms with Gasteiger partial charge in [0.15, 0.2) is 0 Å². The van der Waals surface area contributed by atoms with Gasteiger partial charge < -0.3 is 15.7 Å². The number of rotatable bonds is 6. The molecule has 1 aromatic heterocycles. The summed E-state index contributed by atoms with van der Waals surface area (Å²) in [5, 5.41) is 18.4. The zero-order chi connectivity index (χ0) is 16.0. The van der Waals surface area contributed by atoms with E-state index in [0.29, 0.717) is 18.0 Å². The highest BCUT2D eigenvalue weighted by molar-refractivity contribution is 7.10. The molecule has 0 radical (unpaired) electrons. The van der Waals surface area contributed by atoms with Gasteiger partial charge in [0.05, 0.1) is 6.54 Å². The van der Waals surface area contributed by atoms with Crippen LogP contribution in [0.2, 0.25) is 5.02 Å². The lowest BCUT2D eigenvalue weighted by Gasteiger charge is -2.22. The SMILES string of the molecule is CC(O)(CNC(=O)NCCc1cccc(Cl)c1)c1cccs1. The average Bonchev–Trinajstić information content (AvgIpc) is 3.00. The van der Waals surface area contributed by atoms with Crippen LogP contribution in [0.1, 0.15) is 17.4 Å². The number of benzene rings is 1. The maximum Gasteiger partial charge on any atom is 0.314 e. The minimum atomic E-state index is -1.06. The standard InChI is InChI=1S/C16H19ClN2O2S/c1-16(21,14-6-3-9-22-14)11-19-15(20)18-8-7-12-4-2-5-13(17)10-12/h2-6,9-10,21H,7-8,11H2,1H3,(H2,18,19,20). The summed E-state index contributed by atoms with van der Waals surface area (Å²) >= 11 is 7.37. The largest absolute Gasteiger partial charge is 0.383 e. The fraction of sp³-hybridized carbons (Fsp3) is 0.312. The molecule has 1 atom stereocenters. The number of urea groups is 1. The molecular formula is C16H19ClN2O2S. The molecule has 1 heterocycles. The molecule has 2 aromatic rings. The third-order valence-corrected chi connectivity index (χ3v) is 4.59. The first-order valence-electron chi connectivity index (χ1n) is 7.00. The Morgan fingerprint density at radius 2 is 2.14 bits per heavy atom. The fourth-order valence-corrected chi connectivity index (χ4v) is 3.00. The summed E-state index contributed by atoms with van der Waals surface area (Å²) in [6.07, 6.45) is 0.704. The van der Waals surface area contributed by atoms with Gasteiger partial charge in [-0.05, 0) is 42.5 Å². The Kier molecular flexibility index (Phi) is 5.83. The molecule has 118 valence electrons. The number of aliphatic hydroxyl groups is 1. The molecule has 4 nitrogen and oxygen atoms in total. The topological polar surface area (TPSA) is 61.4 Å². The molecule has 0 saturated carbocycles. The summed E-state index contributed by atoms with van der Waals surface area (Å²) in [7, 11) is 0. The third-order valence-electron chi connectivity index (χ3n) is 3.23. The molecule has 0 aliphatic rings. The Hall–Kier alpha value is -1.56. The van der Waals surface area contributed by atoms with Crippen LogP contribution < -0.4 is 10.6 Å². The molecule has 3 N–H and O–H groups in total. The maximum atomic E-state index is 11.8. The first-order chi connectivity index (χ1) is 10.5. The van der Waals surface area contributed by atoms with Crippen molar-refractivity contribution < 1.29 is 9.90 Å². The number of hydrogen-bond donors (Lipinski definition) is 3. The number of nitrogens with one attached hydrogen (secondary N) is 2. The van der Waals surface area contributed by atoms with Crippen LogP contribution in [0.15, 0.2) is 41.8 Å². The van der Waals surface area contributed by atoms with Crippen molar-refractivity contribution in [2.45, 2.75) is 18.9 Å². The molecule has 0 bridgehead atoms. The number of halogens is 1. The summed E-state index contributed by atoms with van der Waals surface area (Å²) in [5.41, 5.74) is 0.0109. The highest BCUT2D eigenvalue weighted by Crippen LogP contribution is 2.24. The Morgan fingerprint density at radius 3 is 2.82 bits per heavy atom. The van der Waals surface area contributed by atoms with Crippen LogP contribution in [0.3, 0.4) is 0 Å². The number of carbonyl (C=O) groups is 1. The van der Waals surface area contributed by atoms with Crippen molar-refractivity contribution >= 4 is 29.0 Å². The van der Waals surface area contributed by atoms with E-state index in [1.54, 1.807) is 6.92 Å². The summed E-state index contributed by atoms with van der Waals surface area (Å²) in [4.78, 5) is 12.6. The van der Waals surface area contributed by atoms with Crippen LogP contribution in [0.5, 0.6) is 0 Å². The summed E-state index contributed by atoms with van der Waals surface area (Å²) in [5.74, 6) is 0. The molecule has 1 unspecified atom stereocenters. The van der Waals surface area contributed by atoms with Crippen LogP contribution in [-0.4, -0.2) is 24.2 Å². The van der Waals surface area contributed by atoms with E-state index in [1.807, 2.05) is 41.8 Å². The van der Waals surface area contributed by atoms with Crippen LogP contribution in [-0.2, 0) is 12.0 Å². The van der Waals surface area contributed by atoms with Gasteiger partial charge in [-0.15, -0.1) is 11.3 Å². The summed E-state index contributed by atoms with van der Waals surface area (Å²) < 4.78 is 0. The van der Waals surface area contributed by atoms with Crippen molar-refractivity contribution in [2.24, 2.45) is 0 Å². The third kappa shape index (κ3) is 5.02. The van der Waals surface area contributed by atoms with E-state index in [4.69, 9.17) is 11.6 Å². The van der Waals surface area contributed by atoms with Crippen molar-refractivity contribution in [3.8, 4) is 0 Å². The molecule has 2 rings (SSSR count). The van der Waals surface area contributed by atoms with E-state index in [2.05, 4.69) is 10.6 Å². The summed E-state index contributed by atoms with van der Waals surface area (Å²) in [6.45, 7) is 2.36. The van der Waals surface area contributed by atoms with E-state index in [1.165, 1.54) is 11.3 Å². The van der Waals surface area contributed by atoms with Crippen molar-refractivity contribution in [1.29, 1.82) is 0 Å². The van der Waals surface area contributed by atoms with E-state index in [-0.39, 0.29) is 12.6 Å². The molecule has 0 aliphatic carbocycles. The Morgan fingerprint density at radius 1 is 1.32 bits per heavy atom. The Bertz CT molecular complexity index is 614. The highest BCUT2D eigenvalue weighted by Gasteiger charge is 2.24. The van der Waals surface area contributed by atoms with E-state index in [9.17, 15) is 9.90 Å². The zero-order valence-corrected chi connectivity index (χ0v) is 13.9. The van der Waals surface area contributed by atoms with Gasteiger partial charge in [-0.2, -0.15) is 0 Å². The normalized spacial score (nSPS) is 13.4. The minimum absolute atomic E-state index is 0.163. The van der Waals surface area contributed by atoms with Gasteiger partial charge in [-0.3, -0.25) is 0 Å². The van der Waals surface area contributed by atoms with Crippen molar-refractivity contribution in [1.82, 2.24) is 10.6 Å². The molecule has 0 saturated heterocycles. The van der Waals surface area contributed by atoms with Gasteiger partial charge in [0, 0.05) is 16.4 Å². The van der Waals surface area contributed by atoms with E-state index < -0.39 is 5.60 Å². The van der Waals surface area contributed by atoms with Crippen LogP contribution in [0.4, 0.5) is 4.79 Å². The molecule has 0 spiro atoms. The lowest BCUT2D eigenvalue weighted by Crippen LogP contribution is -2.43. The average molecular weight is 339 g/mol. The number of hydrogen-bond acceptors (Lipinski definition) is 3. The Balaban J connectivity index is 1.72. The summed E-state index contributed by atoms with van der Waals surface area (Å²) in [6, 6.07) is 11.0. The second-order valence-corrected chi connectivity index (χ2v) is 6.62. The smallest absolute Gasteiger partial charge is 0.314 e. The molecule has 2 amide bonds. The van der Waals surface area contributed by atoms with Crippen molar-refractivity contribution in [2.75, 3.05) is 13.1 Å². The second-order valence-electron chi connectivity index (χ2n) is 5.24. The van der Waals surface area contributed by atoms with Gasteiger partial charge >= 0.3 is 6.03 Å². The maximum absolute atomic E-state index is 11.8. The minimum Gasteiger partial charge on any atom is -0.383 e. The van der Waals surface area contributed by atoms with Gasteiger partial charge in [0.2, 0.25) is 0 Å². The molecular weight excluding hydrogens is 320 g/mol. The van der Waals surface area contributed by atoms with E-state index in [0.717, 1.165) is 10.4 Å². The lowest BCUT2D eigenvalue weighted by atomic mass is 10.1. The quantitative estimate of drug-likeness (QED) is 0.757. The van der Waals surface area contributed by atoms with Crippen molar-refractivity contribution in [3.63, 3.8) is 0 Å². The predicted octanol–water partition coefficient (Wildman–Crippen LogP) is 3.15. The monoisotopic (exact) mass is 338 g/mol. The van der Waals surface area contributed by atoms with Gasteiger partial charge in [-0.25, -0.2) is 4.79 Å². The van der Waals surface area contributed by atoms with Crippen LogP contribution in [0.25, 0.3) is 0 Å². The molecule has 22 heavy (non-hydrogen) atoms. The molecule has 1 aromatic carbocycles. The number of carbonyl (C=O) groups excluding carboxylic acids is 1. The number of amides is 2. The molecule has 6 heteroatoms. The molecule has 0 aliphatic heterocycles. The fourth-order valence-electron chi connectivity index (χ4n) is 2.00. The second kappa shape index (κ2) is 7.63. The van der Waals surface area contributed by atoms with Gasteiger partial charge in [-0.1, -0.05) is 29.8 Å².